The standard InChI is InChI=1S/C21H23N3O3S/c1-5-16-11-17(21(26)27-6-2)19(28-16)22-12-18-14(4)23-24(20(18)25)15-9-7-13(3)8-10-15/h7-12,22-23H,4-6H2,1-3H3/b18-12-. The molecular formula is C21H23N3O3S. The molecule has 0 aliphatic rings. The van der Waals surface area contributed by atoms with Gasteiger partial charge in [0.25, 0.3) is 5.56 Å². The number of benzene rings is 1. The molecule has 0 aliphatic heterocycles. The van der Waals surface area contributed by atoms with E-state index in [-0.39, 0.29) is 11.5 Å². The number of nitrogens with zero attached hydrogens (tertiary/aromatic N) is 1. The average Bonchev–Trinajstić information content (AvgIpc) is 3.22. The minimum Gasteiger partial charge on any atom is -0.462 e. The lowest BCUT2D eigenvalue weighted by molar-refractivity contribution is 0.0528. The van der Waals surface area contributed by atoms with Crippen molar-refractivity contribution in [3.63, 3.8) is 0 Å². The first-order chi connectivity index (χ1) is 13.4. The summed E-state index contributed by atoms with van der Waals surface area (Å²) in [6.07, 6.45) is 2.39. The minimum atomic E-state index is -0.379. The summed E-state index contributed by atoms with van der Waals surface area (Å²) >= 11 is 1.47. The molecule has 0 saturated heterocycles. The number of thiophene rings is 1. The third-order valence-electron chi connectivity index (χ3n) is 4.27. The summed E-state index contributed by atoms with van der Waals surface area (Å²) in [6, 6.07) is 9.45. The fourth-order valence-corrected chi connectivity index (χ4v) is 3.70. The van der Waals surface area contributed by atoms with Gasteiger partial charge < -0.3 is 10.1 Å². The predicted octanol–water partition coefficient (Wildman–Crippen LogP) is 2.54. The molecule has 0 bridgehead atoms. The average molecular weight is 398 g/mol. The van der Waals surface area contributed by atoms with Crippen LogP contribution in [-0.2, 0) is 11.2 Å². The lowest BCUT2D eigenvalue weighted by Gasteiger charge is -2.02. The Morgan fingerprint density at radius 3 is 2.68 bits per heavy atom. The van der Waals surface area contributed by atoms with Gasteiger partial charge in [0.1, 0.15) is 5.00 Å². The van der Waals surface area contributed by atoms with Crippen LogP contribution in [0.25, 0.3) is 18.5 Å². The van der Waals surface area contributed by atoms with E-state index < -0.39 is 0 Å². The van der Waals surface area contributed by atoms with E-state index in [9.17, 15) is 9.59 Å². The van der Waals surface area contributed by atoms with Crippen molar-refractivity contribution in [2.75, 3.05) is 11.9 Å². The zero-order valence-electron chi connectivity index (χ0n) is 16.2. The van der Waals surface area contributed by atoms with E-state index in [2.05, 4.69) is 17.0 Å². The molecule has 0 aliphatic carbocycles. The topological polar surface area (TPSA) is 76.1 Å². The maximum atomic E-state index is 12.8. The number of aromatic amines is 1. The number of nitrogens with one attached hydrogen (secondary N) is 2. The first-order valence-electron chi connectivity index (χ1n) is 9.08. The molecule has 1 aromatic carbocycles. The molecule has 3 aromatic rings. The molecule has 0 saturated carbocycles. The van der Waals surface area contributed by atoms with E-state index in [4.69, 9.17) is 4.74 Å². The summed E-state index contributed by atoms with van der Waals surface area (Å²) in [5.74, 6) is -0.379. The molecule has 0 fully saturated rings. The van der Waals surface area contributed by atoms with Crippen molar-refractivity contribution < 1.29 is 9.53 Å². The molecule has 28 heavy (non-hydrogen) atoms. The Labute approximate surface area is 166 Å². The van der Waals surface area contributed by atoms with Crippen LogP contribution >= 0.6 is 11.3 Å². The largest absolute Gasteiger partial charge is 0.462 e. The highest BCUT2D eigenvalue weighted by Gasteiger charge is 2.16. The number of hydrogen-bond donors (Lipinski definition) is 2. The van der Waals surface area contributed by atoms with Crippen LogP contribution in [0.4, 0.5) is 5.00 Å². The number of anilines is 1. The van der Waals surface area contributed by atoms with E-state index in [0.29, 0.717) is 27.7 Å². The molecule has 0 spiro atoms. The van der Waals surface area contributed by atoms with Gasteiger partial charge in [-0.05, 0) is 38.5 Å². The van der Waals surface area contributed by atoms with Crippen molar-refractivity contribution in [3.05, 3.63) is 67.3 Å². The van der Waals surface area contributed by atoms with Gasteiger partial charge in [-0.2, -0.15) is 0 Å². The van der Waals surface area contributed by atoms with Crippen LogP contribution in [0.1, 0.15) is 34.6 Å². The summed E-state index contributed by atoms with van der Waals surface area (Å²) in [5, 5.41) is 7.63. The fraction of sp³-hybridized carbons (Fsp3) is 0.238. The SMILES string of the molecule is C=c1[nH]n(-c2ccc(C)cc2)c(=O)/c1=C\Nc1sc(CC)cc1C(=O)OCC. The summed E-state index contributed by atoms with van der Waals surface area (Å²) in [7, 11) is 0. The predicted molar refractivity (Wildman–Crippen MR) is 114 cm³/mol. The van der Waals surface area contributed by atoms with Gasteiger partial charge in [0.15, 0.2) is 0 Å². The maximum absolute atomic E-state index is 12.8. The lowest BCUT2D eigenvalue weighted by Crippen LogP contribution is -2.34. The van der Waals surface area contributed by atoms with Crippen molar-refractivity contribution >= 4 is 35.1 Å². The van der Waals surface area contributed by atoms with Gasteiger partial charge in [-0.25, -0.2) is 9.48 Å². The number of ether oxygens (including phenoxy) is 1. The van der Waals surface area contributed by atoms with Crippen molar-refractivity contribution in [1.29, 1.82) is 0 Å². The molecule has 0 unspecified atom stereocenters. The van der Waals surface area contributed by atoms with Crippen LogP contribution < -0.4 is 21.4 Å². The molecular weight excluding hydrogens is 374 g/mol. The van der Waals surface area contributed by atoms with Gasteiger partial charge in [-0.3, -0.25) is 9.89 Å². The highest BCUT2D eigenvalue weighted by atomic mass is 32.1. The monoisotopic (exact) mass is 397 g/mol. The third kappa shape index (κ3) is 3.94. The van der Waals surface area contributed by atoms with Gasteiger partial charge >= 0.3 is 5.97 Å². The highest BCUT2D eigenvalue weighted by Crippen LogP contribution is 2.29. The van der Waals surface area contributed by atoms with Crippen LogP contribution in [0.15, 0.2) is 35.1 Å². The summed E-state index contributed by atoms with van der Waals surface area (Å²) < 4.78 is 6.58. The lowest BCUT2D eigenvalue weighted by atomic mass is 10.2. The normalized spacial score (nSPS) is 11.6. The maximum Gasteiger partial charge on any atom is 0.341 e. The van der Waals surface area contributed by atoms with Gasteiger partial charge in [0.2, 0.25) is 0 Å². The Bertz CT molecular complexity index is 1150. The van der Waals surface area contributed by atoms with E-state index in [1.165, 1.54) is 16.0 Å². The summed E-state index contributed by atoms with van der Waals surface area (Å²) in [4.78, 5) is 26.1. The Balaban J connectivity index is 1.99. The van der Waals surface area contributed by atoms with Crippen LogP contribution in [0, 0.1) is 6.92 Å². The number of carbonyl (C=O) groups excluding carboxylic acids is 1. The Kier molecular flexibility index (Phi) is 5.84. The van der Waals surface area contributed by atoms with Crippen molar-refractivity contribution in [3.8, 4) is 5.69 Å². The molecule has 7 heteroatoms. The molecule has 0 radical (unpaired) electrons. The van der Waals surface area contributed by atoms with E-state index in [1.807, 2.05) is 44.2 Å². The van der Waals surface area contributed by atoms with Gasteiger partial charge in [0.05, 0.1) is 28.4 Å². The number of hydrogen-bond acceptors (Lipinski definition) is 5. The molecule has 0 amide bonds. The van der Waals surface area contributed by atoms with Crippen LogP contribution in [0.5, 0.6) is 0 Å². The van der Waals surface area contributed by atoms with Crippen LogP contribution in [0.2, 0.25) is 0 Å². The molecule has 0 atom stereocenters. The summed E-state index contributed by atoms with van der Waals surface area (Å²) in [6.45, 7) is 10.0. The van der Waals surface area contributed by atoms with E-state index in [0.717, 1.165) is 22.5 Å². The second-order valence-electron chi connectivity index (χ2n) is 6.30. The first kappa shape index (κ1) is 19.7. The smallest absolute Gasteiger partial charge is 0.341 e. The number of rotatable bonds is 6. The molecule has 2 heterocycles. The van der Waals surface area contributed by atoms with Gasteiger partial charge in [0, 0.05) is 11.1 Å². The van der Waals surface area contributed by atoms with Crippen LogP contribution in [-0.4, -0.2) is 22.4 Å². The highest BCUT2D eigenvalue weighted by molar-refractivity contribution is 7.16. The van der Waals surface area contributed by atoms with Gasteiger partial charge in [-0.15, -0.1) is 11.3 Å². The number of carbonyl (C=O) groups is 1. The molecule has 146 valence electrons. The van der Waals surface area contributed by atoms with Crippen molar-refractivity contribution in [1.82, 2.24) is 9.78 Å². The number of aromatic nitrogens is 2. The van der Waals surface area contributed by atoms with E-state index >= 15 is 0 Å². The zero-order chi connectivity index (χ0) is 20.3. The van der Waals surface area contributed by atoms with Crippen molar-refractivity contribution in [2.45, 2.75) is 27.2 Å². The number of H-pyrrole nitrogens is 1. The summed E-state index contributed by atoms with van der Waals surface area (Å²) in [5.41, 5.74) is 2.10. The Hall–Kier alpha value is -3.06. The fourth-order valence-electron chi connectivity index (χ4n) is 2.74. The second kappa shape index (κ2) is 8.31. The molecule has 2 N–H and O–H groups in total. The number of esters is 1. The van der Waals surface area contributed by atoms with Gasteiger partial charge in [-0.1, -0.05) is 31.2 Å². The second-order valence-corrected chi connectivity index (χ2v) is 7.44. The molecule has 6 nitrogen and oxygen atoms in total. The minimum absolute atomic E-state index is 0.216. The van der Waals surface area contributed by atoms with E-state index in [1.54, 1.807) is 13.1 Å². The first-order valence-corrected chi connectivity index (χ1v) is 9.89. The third-order valence-corrected chi connectivity index (χ3v) is 5.48. The van der Waals surface area contributed by atoms with Crippen LogP contribution in [0.3, 0.4) is 0 Å². The molecule has 2 aromatic heterocycles. The van der Waals surface area contributed by atoms with Crippen molar-refractivity contribution in [2.24, 2.45) is 0 Å². The number of aryl methyl sites for hydroxylation is 2. The zero-order valence-corrected chi connectivity index (χ0v) is 17.0. The quantitative estimate of drug-likeness (QED) is 0.627. The Morgan fingerprint density at radius 2 is 2.04 bits per heavy atom. The Morgan fingerprint density at radius 1 is 1.32 bits per heavy atom. The molecule has 3 rings (SSSR count).